The lowest BCUT2D eigenvalue weighted by molar-refractivity contribution is -0.137. The second kappa shape index (κ2) is 8.89. The molecule has 0 radical (unpaired) electrons. The number of halogens is 3. The Labute approximate surface area is 172 Å². The van der Waals surface area contributed by atoms with Crippen molar-refractivity contribution in [3.63, 3.8) is 0 Å². The van der Waals surface area contributed by atoms with E-state index in [1.807, 2.05) is 14.0 Å². The summed E-state index contributed by atoms with van der Waals surface area (Å²) in [4.78, 5) is 2.30. The van der Waals surface area contributed by atoms with Crippen molar-refractivity contribution in [3.05, 3.63) is 34.9 Å². The Bertz CT molecular complexity index is 876. The standard InChI is InChI=1S/C20H25F3N4OS/c1-12-16(10-24-2)19(29-14-5-4-8-27(3)11-14)26-25-18(12)15-7-6-13(9-17(15)28)20(21,22)23/h6-7,9,14,24,28H,4-5,8,10-11H2,1-3H3/t14-/m1/s1. The van der Waals surface area contributed by atoms with Gasteiger partial charge in [-0.05, 0) is 64.2 Å². The van der Waals surface area contributed by atoms with E-state index >= 15 is 0 Å². The summed E-state index contributed by atoms with van der Waals surface area (Å²) in [6.07, 6.45) is -2.27. The van der Waals surface area contributed by atoms with Gasteiger partial charge in [0, 0.05) is 29.5 Å². The van der Waals surface area contributed by atoms with Gasteiger partial charge >= 0.3 is 6.18 Å². The van der Waals surface area contributed by atoms with Crippen molar-refractivity contribution < 1.29 is 18.3 Å². The monoisotopic (exact) mass is 426 g/mol. The van der Waals surface area contributed by atoms with Crippen LogP contribution in [0.1, 0.15) is 29.5 Å². The molecule has 0 spiro atoms. The van der Waals surface area contributed by atoms with Crippen LogP contribution >= 0.6 is 11.8 Å². The molecule has 0 bridgehead atoms. The lowest BCUT2D eigenvalue weighted by Gasteiger charge is -2.29. The van der Waals surface area contributed by atoms with Crippen LogP contribution in [0.5, 0.6) is 5.75 Å². The van der Waals surface area contributed by atoms with Crippen molar-refractivity contribution in [3.8, 4) is 17.0 Å². The lowest BCUT2D eigenvalue weighted by atomic mass is 10.0. The van der Waals surface area contributed by atoms with E-state index in [1.165, 1.54) is 6.07 Å². The zero-order chi connectivity index (χ0) is 21.2. The first-order chi connectivity index (χ1) is 13.7. The van der Waals surface area contributed by atoms with Crippen LogP contribution in [0.4, 0.5) is 13.2 Å². The number of phenols is 1. The van der Waals surface area contributed by atoms with Gasteiger partial charge in [0.1, 0.15) is 10.8 Å². The van der Waals surface area contributed by atoms with Crippen molar-refractivity contribution in [1.29, 1.82) is 0 Å². The first kappa shape index (κ1) is 21.9. The van der Waals surface area contributed by atoms with E-state index in [9.17, 15) is 18.3 Å². The van der Waals surface area contributed by atoms with Gasteiger partial charge in [-0.1, -0.05) is 11.8 Å². The highest BCUT2D eigenvalue weighted by Gasteiger charge is 2.31. The molecule has 1 aliphatic heterocycles. The fourth-order valence-electron chi connectivity index (χ4n) is 3.55. The Hall–Kier alpha value is -1.84. The van der Waals surface area contributed by atoms with E-state index < -0.39 is 17.5 Å². The molecule has 1 aromatic heterocycles. The van der Waals surface area contributed by atoms with E-state index in [-0.39, 0.29) is 5.56 Å². The molecule has 1 fully saturated rings. The SMILES string of the molecule is CNCc1c(S[C@@H]2CCCN(C)C2)nnc(-c2ccc(C(F)(F)F)cc2O)c1C. The van der Waals surface area contributed by atoms with Gasteiger partial charge in [-0.3, -0.25) is 0 Å². The minimum Gasteiger partial charge on any atom is -0.507 e. The molecule has 5 nitrogen and oxygen atoms in total. The highest BCUT2D eigenvalue weighted by molar-refractivity contribution is 7.99. The lowest BCUT2D eigenvalue weighted by Crippen LogP contribution is -2.33. The van der Waals surface area contributed by atoms with Crippen molar-refractivity contribution in [2.24, 2.45) is 0 Å². The zero-order valence-corrected chi connectivity index (χ0v) is 17.5. The van der Waals surface area contributed by atoms with Gasteiger partial charge in [0.2, 0.25) is 0 Å². The smallest absolute Gasteiger partial charge is 0.416 e. The molecule has 1 saturated heterocycles. The first-order valence-corrected chi connectivity index (χ1v) is 10.3. The van der Waals surface area contributed by atoms with Crippen molar-refractivity contribution in [1.82, 2.24) is 20.4 Å². The van der Waals surface area contributed by atoms with Crippen LogP contribution in [0, 0.1) is 6.92 Å². The minimum absolute atomic E-state index is 0.245. The van der Waals surface area contributed by atoms with E-state index in [2.05, 4.69) is 27.5 Å². The third-order valence-corrected chi connectivity index (χ3v) is 6.37. The topological polar surface area (TPSA) is 61.3 Å². The molecule has 0 amide bonds. The summed E-state index contributed by atoms with van der Waals surface area (Å²) in [7, 11) is 3.94. The predicted octanol–water partition coefficient (Wildman–Crippen LogP) is 4.08. The Kier molecular flexibility index (Phi) is 6.70. The molecule has 1 aliphatic rings. The number of hydrogen-bond acceptors (Lipinski definition) is 6. The fourth-order valence-corrected chi connectivity index (χ4v) is 4.94. The van der Waals surface area contributed by atoms with Gasteiger partial charge in [0.15, 0.2) is 0 Å². The number of alkyl halides is 3. The van der Waals surface area contributed by atoms with Crippen LogP contribution in [0.3, 0.4) is 0 Å². The average molecular weight is 427 g/mol. The number of rotatable bonds is 5. The maximum Gasteiger partial charge on any atom is 0.416 e. The van der Waals surface area contributed by atoms with E-state index in [1.54, 1.807) is 11.8 Å². The van der Waals surface area contributed by atoms with E-state index in [0.717, 1.165) is 54.2 Å². The highest BCUT2D eigenvalue weighted by atomic mass is 32.2. The normalized spacial score (nSPS) is 18.2. The zero-order valence-electron chi connectivity index (χ0n) is 16.7. The Balaban J connectivity index is 1.96. The number of phenolic OH excluding ortho intramolecular Hbond substituents is 1. The molecule has 0 saturated carbocycles. The van der Waals surface area contributed by atoms with Crippen LogP contribution in [0.25, 0.3) is 11.3 Å². The summed E-state index contributed by atoms with van der Waals surface area (Å²) in [6.45, 7) is 4.49. The van der Waals surface area contributed by atoms with E-state index in [4.69, 9.17) is 0 Å². The van der Waals surface area contributed by atoms with Gasteiger partial charge in [-0.2, -0.15) is 13.2 Å². The van der Waals surface area contributed by atoms with Crippen LogP contribution in [0.15, 0.2) is 23.2 Å². The van der Waals surface area contributed by atoms with Crippen molar-refractivity contribution in [2.45, 2.75) is 42.8 Å². The molecule has 1 aromatic carbocycles. The number of hydrogen-bond donors (Lipinski definition) is 2. The molecule has 158 valence electrons. The minimum atomic E-state index is -4.51. The molecule has 2 N–H and O–H groups in total. The molecule has 2 aromatic rings. The molecule has 2 heterocycles. The summed E-state index contributed by atoms with van der Waals surface area (Å²) < 4.78 is 38.7. The maximum absolute atomic E-state index is 12.9. The molecule has 3 rings (SSSR count). The molecule has 0 aliphatic carbocycles. The summed E-state index contributed by atoms with van der Waals surface area (Å²) in [6, 6.07) is 2.93. The van der Waals surface area contributed by atoms with Crippen LogP contribution < -0.4 is 5.32 Å². The van der Waals surface area contributed by atoms with Gasteiger partial charge < -0.3 is 15.3 Å². The Morgan fingerprint density at radius 1 is 1.31 bits per heavy atom. The third kappa shape index (κ3) is 5.02. The number of nitrogens with one attached hydrogen (secondary N) is 1. The Morgan fingerprint density at radius 3 is 2.69 bits per heavy atom. The molecule has 9 heteroatoms. The molecule has 0 unspecified atom stereocenters. The second-order valence-corrected chi connectivity index (χ2v) is 8.65. The molecule has 29 heavy (non-hydrogen) atoms. The Morgan fingerprint density at radius 2 is 2.07 bits per heavy atom. The third-order valence-electron chi connectivity index (χ3n) is 5.10. The average Bonchev–Trinajstić information content (AvgIpc) is 2.64. The van der Waals surface area contributed by atoms with Gasteiger partial charge in [0.25, 0.3) is 0 Å². The molecular formula is C20H25F3N4OS. The molecule has 1 atom stereocenters. The fraction of sp³-hybridized carbons (Fsp3) is 0.500. The number of benzene rings is 1. The summed E-state index contributed by atoms with van der Waals surface area (Å²) in [5.41, 5.74) is 1.50. The predicted molar refractivity (Wildman–Crippen MR) is 108 cm³/mol. The summed E-state index contributed by atoms with van der Waals surface area (Å²) in [5.74, 6) is -0.457. The molecular weight excluding hydrogens is 401 g/mol. The van der Waals surface area contributed by atoms with Gasteiger partial charge in [-0.25, -0.2) is 0 Å². The van der Waals surface area contributed by atoms with Crippen LogP contribution in [-0.2, 0) is 12.7 Å². The maximum atomic E-state index is 12.9. The van der Waals surface area contributed by atoms with E-state index in [0.29, 0.717) is 17.5 Å². The number of nitrogens with zero attached hydrogens (tertiary/aromatic N) is 3. The van der Waals surface area contributed by atoms with Crippen molar-refractivity contribution >= 4 is 11.8 Å². The first-order valence-electron chi connectivity index (χ1n) is 9.47. The van der Waals surface area contributed by atoms with Gasteiger partial charge in [0.05, 0.1) is 11.3 Å². The second-order valence-electron chi connectivity index (χ2n) is 7.36. The number of piperidine rings is 1. The number of thioether (sulfide) groups is 1. The number of likely N-dealkylation sites (tertiary alicyclic amines) is 1. The van der Waals surface area contributed by atoms with Crippen LogP contribution in [0.2, 0.25) is 0 Å². The quantitative estimate of drug-likeness (QED) is 0.751. The highest BCUT2D eigenvalue weighted by Crippen LogP contribution is 2.39. The largest absolute Gasteiger partial charge is 0.507 e. The summed E-state index contributed by atoms with van der Waals surface area (Å²) in [5, 5.41) is 23.3. The van der Waals surface area contributed by atoms with Crippen molar-refractivity contribution in [2.75, 3.05) is 27.2 Å². The number of aromatic hydroxyl groups is 1. The van der Waals surface area contributed by atoms with Gasteiger partial charge in [-0.15, -0.1) is 10.2 Å². The van der Waals surface area contributed by atoms with Crippen LogP contribution in [-0.4, -0.2) is 52.6 Å². The summed E-state index contributed by atoms with van der Waals surface area (Å²) >= 11 is 1.70. The number of aromatic nitrogens is 2.